The van der Waals surface area contributed by atoms with Crippen molar-refractivity contribution < 1.29 is 9.47 Å². The van der Waals surface area contributed by atoms with Gasteiger partial charge in [-0.15, -0.1) is 11.3 Å². The number of hydrogen-bond acceptors (Lipinski definition) is 5. The van der Waals surface area contributed by atoms with E-state index in [2.05, 4.69) is 37.8 Å². The molecule has 0 bridgehead atoms. The summed E-state index contributed by atoms with van der Waals surface area (Å²) in [5.41, 5.74) is 2.43. The maximum atomic E-state index is 9.86. The summed E-state index contributed by atoms with van der Waals surface area (Å²) in [5.74, 6) is 7.94. The molecule has 0 radical (unpaired) electrons. The minimum absolute atomic E-state index is 0.335. The van der Waals surface area contributed by atoms with Crippen LogP contribution >= 0.6 is 11.3 Å². The molecule has 3 rings (SSSR count). The second kappa shape index (κ2) is 18.6. The third kappa shape index (κ3) is 10.6. The molecule has 214 valence electrons. The van der Waals surface area contributed by atoms with Crippen molar-refractivity contribution in [2.75, 3.05) is 13.2 Å². The molecule has 41 heavy (non-hydrogen) atoms. The molecule has 0 fully saturated rings. The molecule has 0 atom stereocenters. The monoisotopic (exact) mass is 566 g/mol. The van der Waals surface area contributed by atoms with E-state index in [0.29, 0.717) is 22.6 Å². The molecule has 0 N–H and O–H groups in total. The molecule has 0 amide bonds. The summed E-state index contributed by atoms with van der Waals surface area (Å²) in [5, 5.41) is 19.7. The van der Waals surface area contributed by atoms with Crippen LogP contribution in [0.4, 0.5) is 0 Å². The lowest BCUT2D eigenvalue weighted by Gasteiger charge is -2.07. The number of rotatable bonds is 17. The Morgan fingerprint density at radius 3 is 1.59 bits per heavy atom. The molecule has 2 aromatic carbocycles. The van der Waals surface area contributed by atoms with E-state index in [1.807, 2.05) is 48.5 Å². The molecular formula is C36H42N2O2S. The first-order chi connectivity index (χ1) is 20.2. The van der Waals surface area contributed by atoms with E-state index in [4.69, 9.17) is 9.47 Å². The lowest BCUT2D eigenvalue weighted by Crippen LogP contribution is -1.97. The summed E-state index contributed by atoms with van der Waals surface area (Å²) in [6.07, 6.45) is 14.8. The zero-order chi connectivity index (χ0) is 29.1. The standard InChI is InChI=1S/C36H42N2O2S/c1-3-5-7-9-11-13-25-39-31-20-15-29(16-21-31)17-24-35-33(27-37)34(28-38)36(41-35)30-18-22-32(23-19-30)40-26-14-12-10-8-6-4-2/h15-16,18-23H,3-14,25-26H2,1-2H3. The summed E-state index contributed by atoms with van der Waals surface area (Å²) in [6.45, 7) is 5.89. The molecule has 1 aromatic heterocycles. The Labute approximate surface area is 250 Å². The zero-order valence-electron chi connectivity index (χ0n) is 24.6. The van der Waals surface area contributed by atoms with E-state index in [0.717, 1.165) is 47.0 Å². The van der Waals surface area contributed by atoms with Crippen LogP contribution in [0.15, 0.2) is 48.5 Å². The minimum Gasteiger partial charge on any atom is -0.494 e. The normalized spacial score (nSPS) is 10.3. The zero-order valence-corrected chi connectivity index (χ0v) is 25.5. The molecule has 0 aliphatic heterocycles. The van der Waals surface area contributed by atoms with E-state index in [1.165, 1.54) is 75.5 Å². The molecule has 0 saturated heterocycles. The average molecular weight is 567 g/mol. The molecule has 4 nitrogen and oxygen atoms in total. The molecular weight excluding hydrogens is 524 g/mol. The highest BCUT2D eigenvalue weighted by Crippen LogP contribution is 2.36. The quantitative estimate of drug-likeness (QED) is 0.120. The van der Waals surface area contributed by atoms with Crippen LogP contribution < -0.4 is 9.47 Å². The van der Waals surface area contributed by atoms with Gasteiger partial charge in [-0.3, -0.25) is 0 Å². The molecule has 0 unspecified atom stereocenters. The van der Waals surface area contributed by atoms with Crippen LogP contribution in [0.25, 0.3) is 10.4 Å². The van der Waals surface area contributed by atoms with Crippen LogP contribution in [-0.2, 0) is 0 Å². The van der Waals surface area contributed by atoms with Gasteiger partial charge in [-0.1, -0.05) is 84.0 Å². The summed E-state index contributed by atoms with van der Waals surface area (Å²) < 4.78 is 11.8. The van der Waals surface area contributed by atoms with Crippen LogP contribution in [0.5, 0.6) is 11.5 Å². The van der Waals surface area contributed by atoms with Gasteiger partial charge in [0.1, 0.15) is 23.6 Å². The van der Waals surface area contributed by atoms with Crippen LogP contribution in [0.3, 0.4) is 0 Å². The van der Waals surface area contributed by atoms with Gasteiger partial charge in [0.05, 0.1) is 34.1 Å². The third-order valence-corrected chi connectivity index (χ3v) is 8.11. The van der Waals surface area contributed by atoms with Crippen LogP contribution in [0.2, 0.25) is 0 Å². The number of nitrogens with zero attached hydrogens (tertiary/aromatic N) is 2. The first-order valence-electron chi connectivity index (χ1n) is 15.1. The van der Waals surface area contributed by atoms with Gasteiger partial charge in [0.15, 0.2) is 0 Å². The van der Waals surface area contributed by atoms with Crippen molar-refractivity contribution in [1.29, 1.82) is 10.5 Å². The van der Waals surface area contributed by atoms with E-state index in [9.17, 15) is 10.5 Å². The summed E-state index contributed by atoms with van der Waals surface area (Å²) in [7, 11) is 0. The molecule has 0 saturated carbocycles. The fourth-order valence-electron chi connectivity index (χ4n) is 4.55. The largest absolute Gasteiger partial charge is 0.494 e. The number of unbranched alkanes of at least 4 members (excludes halogenated alkanes) is 10. The molecule has 0 aliphatic rings. The summed E-state index contributed by atoms with van der Waals surface area (Å²) in [4.78, 5) is 1.36. The van der Waals surface area contributed by atoms with Crippen LogP contribution in [0, 0.1) is 34.5 Å². The van der Waals surface area contributed by atoms with E-state index in [1.54, 1.807) is 0 Å². The van der Waals surface area contributed by atoms with E-state index < -0.39 is 0 Å². The van der Waals surface area contributed by atoms with Gasteiger partial charge in [0.2, 0.25) is 0 Å². The van der Waals surface area contributed by atoms with Crippen molar-refractivity contribution in [1.82, 2.24) is 0 Å². The van der Waals surface area contributed by atoms with Gasteiger partial charge in [-0.05, 0) is 72.9 Å². The second-order valence-corrected chi connectivity index (χ2v) is 11.3. The predicted molar refractivity (Wildman–Crippen MR) is 169 cm³/mol. The Morgan fingerprint density at radius 1 is 0.585 bits per heavy atom. The minimum atomic E-state index is 0.335. The fraction of sp³-hybridized carbons (Fsp3) is 0.444. The molecule has 0 spiro atoms. The van der Waals surface area contributed by atoms with E-state index in [-0.39, 0.29) is 0 Å². The van der Waals surface area contributed by atoms with Crippen molar-refractivity contribution in [2.24, 2.45) is 0 Å². The second-order valence-electron chi connectivity index (χ2n) is 10.3. The maximum absolute atomic E-state index is 9.86. The lowest BCUT2D eigenvalue weighted by molar-refractivity contribution is 0.304. The highest BCUT2D eigenvalue weighted by molar-refractivity contribution is 7.16. The van der Waals surface area contributed by atoms with Crippen molar-refractivity contribution in [3.05, 3.63) is 70.1 Å². The van der Waals surface area contributed by atoms with Crippen molar-refractivity contribution in [2.45, 2.75) is 90.9 Å². The van der Waals surface area contributed by atoms with E-state index >= 15 is 0 Å². The molecule has 5 heteroatoms. The number of nitriles is 2. The SMILES string of the molecule is CCCCCCCCOc1ccc(C#Cc2sc(-c3ccc(OCCCCCCCC)cc3)c(C#N)c2C#N)cc1. The smallest absolute Gasteiger partial charge is 0.119 e. The molecule has 3 aromatic rings. The Bertz CT molecular complexity index is 1330. The van der Waals surface area contributed by atoms with Crippen LogP contribution in [0.1, 0.15) is 112 Å². The Balaban J connectivity index is 1.59. The summed E-state index contributed by atoms with van der Waals surface area (Å²) in [6, 6.07) is 19.9. The van der Waals surface area contributed by atoms with Gasteiger partial charge in [-0.2, -0.15) is 10.5 Å². The lowest BCUT2D eigenvalue weighted by atomic mass is 10.1. The van der Waals surface area contributed by atoms with Crippen LogP contribution in [-0.4, -0.2) is 13.2 Å². The van der Waals surface area contributed by atoms with Gasteiger partial charge in [-0.25, -0.2) is 0 Å². The van der Waals surface area contributed by atoms with Gasteiger partial charge >= 0.3 is 0 Å². The van der Waals surface area contributed by atoms with Crippen molar-refractivity contribution in [3.8, 4) is 45.9 Å². The number of ether oxygens (including phenoxy) is 2. The third-order valence-electron chi connectivity index (χ3n) is 6.96. The Hall–Kier alpha value is -3.72. The highest BCUT2D eigenvalue weighted by Gasteiger charge is 2.18. The van der Waals surface area contributed by atoms with Crippen molar-refractivity contribution >= 4 is 11.3 Å². The van der Waals surface area contributed by atoms with Gasteiger partial charge < -0.3 is 9.47 Å². The maximum Gasteiger partial charge on any atom is 0.119 e. The van der Waals surface area contributed by atoms with Crippen molar-refractivity contribution in [3.63, 3.8) is 0 Å². The number of benzene rings is 2. The topological polar surface area (TPSA) is 66.0 Å². The number of thiophene rings is 1. The highest BCUT2D eigenvalue weighted by atomic mass is 32.1. The fourth-order valence-corrected chi connectivity index (χ4v) is 5.61. The Morgan fingerprint density at radius 2 is 1.07 bits per heavy atom. The number of hydrogen-bond donors (Lipinski definition) is 0. The Kier molecular flexibility index (Phi) is 14.4. The average Bonchev–Trinajstić information content (AvgIpc) is 3.37. The predicted octanol–water partition coefficient (Wildman–Crippen LogP) is 10.0. The summed E-state index contributed by atoms with van der Waals surface area (Å²) >= 11 is 1.38. The molecule has 1 heterocycles. The first-order valence-corrected chi connectivity index (χ1v) is 16.0. The van der Waals surface area contributed by atoms with Gasteiger partial charge in [0, 0.05) is 5.56 Å². The molecule has 0 aliphatic carbocycles. The first kappa shape index (κ1) is 31.8. The van der Waals surface area contributed by atoms with Gasteiger partial charge in [0.25, 0.3) is 0 Å².